The molecule has 1 amide bonds. The van der Waals surface area contributed by atoms with E-state index in [1.165, 1.54) is 11.0 Å². The van der Waals surface area contributed by atoms with Crippen LogP contribution in [0, 0.1) is 11.3 Å². The Morgan fingerprint density at radius 2 is 1.93 bits per heavy atom. The zero-order valence-corrected chi connectivity index (χ0v) is 18.2. The van der Waals surface area contributed by atoms with Crippen LogP contribution in [0.15, 0.2) is 46.4 Å². The van der Waals surface area contributed by atoms with Crippen molar-refractivity contribution in [2.24, 2.45) is 0 Å². The van der Waals surface area contributed by atoms with Gasteiger partial charge in [0, 0.05) is 19.1 Å². The fraction of sp³-hybridized carbons (Fsp3) is 0.238. The van der Waals surface area contributed by atoms with E-state index in [9.17, 15) is 10.1 Å². The summed E-state index contributed by atoms with van der Waals surface area (Å²) in [5.41, 5.74) is 1.65. The van der Waals surface area contributed by atoms with E-state index in [2.05, 4.69) is 15.9 Å². The average molecular weight is 464 g/mol. The summed E-state index contributed by atoms with van der Waals surface area (Å²) in [6.07, 6.45) is 1.53. The van der Waals surface area contributed by atoms with Crippen LogP contribution in [-0.4, -0.2) is 31.5 Å². The van der Waals surface area contributed by atoms with Gasteiger partial charge in [-0.2, -0.15) is 5.26 Å². The molecule has 2 aromatic rings. The summed E-state index contributed by atoms with van der Waals surface area (Å²) >= 11 is 9.41. The molecule has 0 heterocycles. The first kappa shape index (κ1) is 21.8. The molecule has 0 aliphatic heterocycles. The molecular formula is C21H20BrClN2O3. The number of amides is 1. The minimum atomic E-state index is -0.361. The lowest BCUT2D eigenvalue weighted by atomic mass is 10.1. The quantitative estimate of drug-likeness (QED) is 0.424. The Morgan fingerprint density at radius 1 is 1.25 bits per heavy atom. The summed E-state index contributed by atoms with van der Waals surface area (Å²) in [4.78, 5) is 13.4. The van der Waals surface area contributed by atoms with Crippen LogP contribution < -0.4 is 9.47 Å². The van der Waals surface area contributed by atoms with Crippen LogP contribution in [0.3, 0.4) is 0 Å². The van der Waals surface area contributed by atoms with Crippen molar-refractivity contribution in [2.45, 2.75) is 13.5 Å². The number of nitriles is 1. The highest BCUT2D eigenvalue weighted by Crippen LogP contribution is 2.38. The van der Waals surface area contributed by atoms with Gasteiger partial charge in [0.1, 0.15) is 18.2 Å². The summed E-state index contributed by atoms with van der Waals surface area (Å²) in [6, 6.07) is 12.8. The van der Waals surface area contributed by atoms with Crippen LogP contribution >= 0.6 is 27.5 Å². The maximum absolute atomic E-state index is 12.1. The van der Waals surface area contributed by atoms with Crippen LogP contribution in [0.2, 0.25) is 5.02 Å². The Labute approximate surface area is 178 Å². The molecule has 0 saturated heterocycles. The molecule has 0 atom stereocenters. The minimum Gasteiger partial charge on any atom is -0.490 e. The first-order valence-corrected chi connectivity index (χ1v) is 9.69. The Kier molecular flexibility index (Phi) is 7.91. The van der Waals surface area contributed by atoms with Crippen molar-refractivity contribution in [1.82, 2.24) is 4.90 Å². The summed E-state index contributed by atoms with van der Waals surface area (Å²) < 4.78 is 12.3. The Balaban J connectivity index is 2.34. The number of hydrogen-bond acceptors (Lipinski definition) is 4. The van der Waals surface area contributed by atoms with E-state index in [4.69, 9.17) is 21.1 Å². The lowest BCUT2D eigenvalue weighted by Crippen LogP contribution is -2.22. The van der Waals surface area contributed by atoms with Crippen molar-refractivity contribution in [3.63, 3.8) is 0 Å². The molecule has 0 unspecified atom stereocenters. The number of halogens is 2. The number of likely N-dealkylation sites (N-methyl/N-ethyl adjacent to an activating group) is 1. The first-order valence-electron chi connectivity index (χ1n) is 8.52. The molecule has 2 aromatic carbocycles. The first-order chi connectivity index (χ1) is 13.3. The van der Waals surface area contributed by atoms with Crippen molar-refractivity contribution < 1.29 is 14.3 Å². The molecule has 0 radical (unpaired) electrons. The molecule has 0 N–H and O–H groups in total. The van der Waals surface area contributed by atoms with Gasteiger partial charge in [-0.05, 0) is 64.3 Å². The van der Waals surface area contributed by atoms with E-state index < -0.39 is 0 Å². The third-order valence-electron chi connectivity index (χ3n) is 3.70. The average Bonchev–Trinajstić information content (AvgIpc) is 2.66. The van der Waals surface area contributed by atoms with Crippen LogP contribution in [0.1, 0.15) is 18.1 Å². The lowest BCUT2D eigenvalue weighted by Gasteiger charge is -2.15. The van der Waals surface area contributed by atoms with E-state index in [0.29, 0.717) is 39.8 Å². The number of hydrogen-bond donors (Lipinski definition) is 0. The third-order valence-corrected chi connectivity index (χ3v) is 4.54. The van der Waals surface area contributed by atoms with E-state index in [0.717, 1.165) is 5.56 Å². The predicted octanol–water partition coefficient (Wildman–Crippen LogP) is 5.08. The zero-order valence-electron chi connectivity index (χ0n) is 15.8. The smallest absolute Gasteiger partial charge is 0.264 e. The minimum absolute atomic E-state index is 0.0363. The zero-order chi connectivity index (χ0) is 20.7. The number of carbonyl (C=O) groups is 1. The SMILES string of the molecule is CCOc1cc(/C=C(/C#N)C(=O)N(C)C)cc(Br)c1OCc1ccc(Cl)cc1. The van der Waals surface area contributed by atoms with Gasteiger partial charge in [0.15, 0.2) is 11.5 Å². The Hall–Kier alpha value is -2.49. The number of ether oxygens (including phenoxy) is 2. The van der Waals surface area contributed by atoms with Gasteiger partial charge < -0.3 is 14.4 Å². The van der Waals surface area contributed by atoms with Gasteiger partial charge in [-0.1, -0.05) is 23.7 Å². The van der Waals surface area contributed by atoms with Crippen molar-refractivity contribution in [3.8, 4) is 17.6 Å². The summed E-state index contributed by atoms with van der Waals surface area (Å²) in [7, 11) is 3.20. The van der Waals surface area contributed by atoms with Gasteiger partial charge in [0.2, 0.25) is 0 Å². The monoisotopic (exact) mass is 462 g/mol. The number of carbonyl (C=O) groups excluding carboxylic acids is 1. The van der Waals surface area contributed by atoms with E-state index in [-0.39, 0.29) is 11.5 Å². The largest absolute Gasteiger partial charge is 0.490 e. The summed E-state index contributed by atoms with van der Waals surface area (Å²) in [6.45, 7) is 2.65. The number of rotatable bonds is 7. The van der Waals surface area contributed by atoms with Crippen molar-refractivity contribution >= 4 is 39.5 Å². The molecule has 146 valence electrons. The van der Waals surface area contributed by atoms with Crippen LogP contribution in [0.4, 0.5) is 0 Å². The Bertz CT molecular complexity index is 918. The maximum Gasteiger partial charge on any atom is 0.264 e. The van der Waals surface area contributed by atoms with Gasteiger partial charge in [-0.3, -0.25) is 4.79 Å². The second kappa shape index (κ2) is 10.2. The summed E-state index contributed by atoms with van der Waals surface area (Å²) in [5.74, 6) is 0.706. The Morgan fingerprint density at radius 3 is 2.50 bits per heavy atom. The van der Waals surface area contributed by atoms with Gasteiger partial charge in [-0.25, -0.2) is 0 Å². The van der Waals surface area contributed by atoms with Gasteiger partial charge >= 0.3 is 0 Å². The molecule has 0 aliphatic rings. The molecule has 28 heavy (non-hydrogen) atoms. The maximum atomic E-state index is 12.1. The number of benzene rings is 2. The second-order valence-electron chi connectivity index (χ2n) is 6.05. The highest BCUT2D eigenvalue weighted by atomic mass is 79.9. The van der Waals surface area contributed by atoms with Crippen LogP contribution in [0.25, 0.3) is 6.08 Å². The van der Waals surface area contributed by atoms with E-state index in [1.807, 2.05) is 25.1 Å². The predicted molar refractivity (Wildman–Crippen MR) is 113 cm³/mol. The van der Waals surface area contributed by atoms with Crippen molar-refractivity contribution in [1.29, 1.82) is 5.26 Å². The second-order valence-corrected chi connectivity index (χ2v) is 7.34. The normalized spacial score (nSPS) is 10.9. The molecule has 5 nitrogen and oxygen atoms in total. The van der Waals surface area contributed by atoms with Gasteiger partial charge in [-0.15, -0.1) is 0 Å². The molecule has 0 spiro atoms. The highest BCUT2D eigenvalue weighted by molar-refractivity contribution is 9.10. The fourth-order valence-electron chi connectivity index (χ4n) is 2.36. The molecule has 7 heteroatoms. The molecule has 0 aromatic heterocycles. The van der Waals surface area contributed by atoms with Crippen molar-refractivity contribution in [2.75, 3.05) is 20.7 Å². The fourth-order valence-corrected chi connectivity index (χ4v) is 3.06. The molecule has 2 rings (SSSR count). The van der Waals surface area contributed by atoms with E-state index >= 15 is 0 Å². The van der Waals surface area contributed by atoms with Gasteiger partial charge in [0.25, 0.3) is 5.91 Å². The molecule has 0 aliphatic carbocycles. The standard InChI is InChI=1S/C21H20BrClN2O3/c1-4-27-19-11-15(9-16(12-24)21(26)25(2)3)10-18(22)20(19)28-13-14-5-7-17(23)8-6-14/h5-11H,4,13H2,1-3H3/b16-9-. The highest BCUT2D eigenvalue weighted by Gasteiger charge is 2.15. The summed E-state index contributed by atoms with van der Waals surface area (Å²) in [5, 5.41) is 9.95. The van der Waals surface area contributed by atoms with Crippen LogP contribution in [0.5, 0.6) is 11.5 Å². The van der Waals surface area contributed by atoms with Crippen molar-refractivity contribution in [3.05, 3.63) is 62.6 Å². The van der Waals surface area contributed by atoms with Gasteiger partial charge in [0.05, 0.1) is 11.1 Å². The topological polar surface area (TPSA) is 62.6 Å². The van der Waals surface area contributed by atoms with Crippen LogP contribution in [-0.2, 0) is 11.4 Å². The lowest BCUT2D eigenvalue weighted by molar-refractivity contribution is -0.124. The number of nitrogens with zero attached hydrogens (tertiary/aromatic N) is 2. The molecular weight excluding hydrogens is 444 g/mol. The molecule has 0 bridgehead atoms. The van der Waals surface area contributed by atoms with E-state index in [1.54, 1.807) is 38.4 Å². The molecule has 0 fully saturated rings. The molecule has 0 saturated carbocycles. The third kappa shape index (κ3) is 5.75.